The molecule has 0 saturated heterocycles. The van der Waals surface area contributed by atoms with Crippen molar-refractivity contribution in [1.82, 2.24) is 14.6 Å². The molecule has 0 saturated carbocycles. The Kier molecular flexibility index (Phi) is 7.20. The van der Waals surface area contributed by atoms with Crippen LogP contribution in [0.4, 0.5) is 4.39 Å². The number of carbonyl (C=O) groups excluding carboxylic acids is 1. The van der Waals surface area contributed by atoms with Crippen molar-refractivity contribution in [3.8, 4) is 11.8 Å². The van der Waals surface area contributed by atoms with Gasteiger partial charge in [0.05, 0.1) is 12.8 Å². The number of nitriles is 1. The van der Waals surface area contributed by atoms with E-state index in [1.54, 1.807) is 25.1 Å². The van der Waals surface area contributed by atoms with E-state index in [2.05, 4.69) is 10.5 Å². The monoisotopic (exact) mass is 449 g/mol. The van der Waals surface area contributed by atoms with E-state index in [9.17, 15) is 19.2 Å². The highest BCUT2D eigenvalue weighted by atomic mass is 19.1. The smallest absolute Gasteiger partial charge is 0.269 e. The number of halogens is 1. The number of nitrogens with zero attached hydrogens (tertiary/aromatic N) is 4. The average Bonchev–Trinajstić information content (AvgIpc) is 3.05. The lowest BCUT2D eigenvalue weighted by atomic mass is 10.1. The Balaban J connectivity index is 1.75. The summed E-state index contributed by atoms with van der Waals surface area (Å²) < 4.78 is 21.5. The van der Waals surface area contributed by atoms with E-state index < -0.39 is 11.5 Å². The first kappa shape index (κ1) is 23.6. The number of hydrazone groups is 1. The van der Waals surface area contributed by atoms with Gasteiger partial charge in [-0.3, -0.25) is 9.59 Å². The Labute approximate surface area is 190 Å². The summed E-state index contributed by atoms with van der Waals surface area (Å²) in [5.74, 6) is -0.817. The van der Waals surface area contributed by atoms with Gasteiger partial charge in [-0.25, -0.2) is 9.82 Å². The predicted molar refractivity (Wildman–Crippen MR) is 122 cm³/mol. The van der Waals surface area contributed by atoms with E-state index in [4.69, 9.17) is 4.74 Å². The molecule has 1 amide bonds. The molecule has 0 bridgehead atoms. The molecule has 0 spiro atoms. The lowest BCUT2D eigenvalue weighted by Gasteiger charge is -2.12. The maximum Gasteiger partial charge on any atom is 0.269 e. The summed E-state index contributed by atoms with van der Waals surface area (Å²) in [6.07, 6.45) is 1.51. The summed E-state index contributed by atoms with van der Waals surface area (Å²) >= 11 is 0. The van der Waals surface area contributed by atoms with Gasteiger partial charge in [-0.05, 0) is 57.2 Å². The fraction of sp³-hybridized carbons (Fsp3) is 0.250. The zero-order valence-corrected chi connectivity index (χ0v) is 18.8. The normalized spacial score (nSPS) is 11.0. The van der Waals surface area contributed by atoms with Gasteiger partial charge in [-0.1, -0.05) is 0 Å². The van der Waals surface area contributed by atoms with E-state index in [-0.39, 0.29) is 24.5 Å². The lowest BCUT2D eigenvalue weighted by Crippen LogP contribution is -2.33. The Hall–Kier alpha value is -4.03. The van der Waals surface area contributed by atoms with Crippen molar-refractivity contribution in [3.05, 3.63) is 86.3 Å². The van der Waals surface area contributed by atoms with E-state index in [0.717, 1.165) is 22.6 Å². The molecule has 0 aliphatic heterocycles. The summed E-state index contributed by atoms with van der Waals surface area (Å²) in [4.78, 5) is 25.0. The summed E-state index contributed by atoms with van der Waals surface area (Å²) in [7, 11) is 1.48. The van der Waals surface area contributed by atoms with Gasteiger partial charge in [0.25, 0.3) is 11.5 Å². The van der Waals surface area contributed by atoms with E-state index in [0.29, 0.717) is 11.3 Å². The van der Waals surface area contributed by atoms with Crippen LogP contribution in [0.3, 0.4) is 0 Å². The minimum atomic E-state index is -0.550. The van der Waals surface area contributed by atoms with Gasteiger partial charge in [0.15, 0.2) is 0 Å². The molecule has 3 rings (SSSR count). The highest BCUT2D eigenvalue weighted by Gasteiger charge is 2.15. The molecule has 0 radical (unpaired) electrons. The van der Waals surface area contributed by atoms with Crippen LogP contribution in [0, 0.1) is 37.9 Å². The lowest BCUT2D eigenvalue weighted by molar-refractivity contribution is -0.121. The average molecular weight is 449 g/mol. The number of pyridine rings is 1. The number of benzene rings is 1. The Bertz CT molecular complexity index is 1310. The van der Waals surface area contributed by atoms with E-state index in [1.165, 1.54) is 30.0 Å². The summed E-state index contributed by atoms with van der Waals surface area (Å²) in [6, 6.07) is 11.6. The number of carbonyl (C=O) groups is 1. The third-order valence-corrected chi connectivity index (χ3v) is 5.25. The fourth-order valence-electron chi connectivity index (χ4n) is 3.68. The van der Waals surface area contributed by atoms with Crippen molar-refractivity contribution in [2.45, 2.75) is 33.9 Å². The molecule has 1 N–H and O–H groups in total. The molecule has 0 fully saturated rings. The van der Waals surface area contributed by atoms with Crippen LogP contribution in [0.15, 0.2) is 46.3 Å². The van der Waals surface area contributed by atoms with Crippen molar-refractivity contribution < 1.29 is 13.9 Å². The molecule has 0 aliphatic carbocycles. The highest BCUT2D eigenvalue weighted by molar-refractivity contribution is 5.84. The van der Waals surface area contributed by atoms with Crippen molar-refractivity contribution in [3.63, 3.8) is 0 Å². The minimum Gasteiger partial charge on any atom is -0.380 e. The van der Waals surface area contributed by atoms with Crippen molar-refractivity contribution in [2.75, 3.05) is 7.11 Å². The van der Waals surface area contributed by atoms with Crippen LogP contribution in [0.1, 0.15) is 33.8 Å². The van der Waals surface area contributed by atoms with E-state index >= 15 is 0 Å². The zero-order valence-electron chi connectivity index (χ0n) is 18.8. The predicted octanol–water partition coefficient (Wildman–Crippen LogP) is 2.87. The third-order valence-electron chi connectivity index (χ3n) is 5.25. The quantitative estimate of drug-likeness (QED) is 0.443. The molecule has 2 aromatic heterocycles. The third kappa shape index (κ3) is 5.07. The first-order valence-electron chi connectivity index (χ1n) is 10.2. The topological polar surface area (TPSA) is 101 Å². The SMILES string of the molecule is COCc1cc(C)n(CC(=O)NN=Cc2cc(C)n(-c3ccc(F)cc3)c2C)c(=O)c1C#N. The van der Waals surface area contributed by atoms with Crippen molar-refractivity contribution in [2.24, 2.45) is 5.10 Å². The molecule has 0 unspecified atom stereocenters. The van der Waals surface area contributed by atoms with Gasteiger partial charge in [-0.15, -0.1) is 0 Å². The molecule has 33 heavy (non-hydrogen) atoms. The summed E-state index contributed by atoms with van der Waals surface area (Å²) in [5.41, 5.74) is 6.23. The van der Waals surface area contributed by atoms with Crippen LogP contribution < -0.4 is 11.0 Å². The Morgan fingerprint density at radius 3 is 2.55 bits per heavy atom. The van der Waals surface area contributed by atoms with Crippen LogP contribution >= 0.6 is 0 Å². The van der Waals surface area contributed by atoms with Gasteiger partial charge in [0.1, 0.15) is 24.0 Å². The zero-order chi connectivity index (χ0) is 24.1. The molecule has 2 heterocycles. The van der Waals surface area contributed by atoms with Gasteiger partial charge in [0, 0.05) is 41.0 Å². The second kappa shape index (κ2) is 10.1. The summed E-state index contributed by atoms with van der Waals surface area (Å²) in [5, 5.41) is 13.3. The molecule has 0 atom stereocenters. The number of nitrogens with one attached hydrogen (secondary N) is 1. The van der Waals surface area contributed by atoms with Gasteiger partial charge in [0.2, 0.25) is 0 Å². The molecule has 9 heteroatoms. The number of rotatable bonds is 7. The molecule has 1 aromatic carbocycles. The largest absolute Gasteiger partial charge is 0.380 e. The maximum absolute atomic E-state index is 13.2. The Morgan fingerprint density at radius 1 is 1.21 bits per heavy atom. The van der Waals surface area contributed by atoms with Crippen molar-refractivity contribution >= 4 is 12.1 Å². The number of amides is 1. The van der Waals surface area contributed by atoms with Crippen LogP contribution in [-0.2, 0) is 22.7 Å². The number of aryl methyl sites for hydroxylation is 2. The molecule has 3 aromatic rings. The van der Waals surface area contributed by atoms with Gasteiger partial charge >= 0.3 is 0 Å². The van der Waals surface area contributed by atoms with Crippen LogP contribution in [0.5, 0.6) is 0 Å². The fourth-order valence-corrected chi connectivity index (χ4v) is 3.68. The molecule has 170 valence electrons. The first-order valence-corrected chi connectivity index (χ1v) is 10.2. The molecular formula is C24H24FN5O3. The second-order valence-corrected chi connectivity index (χ2v) is 7.55. The standard InChI is InChI=1S/C24H24FN5O3/c1-15-9-19(14-33-4)22(11-26)24(32)29(15)13-23(31)28-27-12-18-10-16(2)30(17(18)3)21-7-5-20(25)6-8-21/h5-10,12H,13-14H2,1-4H3,(H,28,31). The van der Waals surface area contributed by atoms with Crippen LogP contribution in [-0.4, -0.2) is 28.4 Å². The first-order chi connectivity index (χ1) is 15.8. The van der Waals surface area contributed by atoms with E-state index in [1.807, 2.05) is 30.6 Å². The van der Waals surface area contributed by atoms with Gasteiger partial charge in [-0.2, -0.15) is 10.4 Å². The number of hydrogen-bond donors (Lipinski definition) is 1. The number of ether oxygens (including phenoxy) is 1. The second-order valence-electron chi connectivity index (χ2n) is 7.55. The molecule has 8 nitrogen and oxygen atoms in total. The minimum absolute atomic E-state index is 0.0491. The van der Waals surface area contributed by atoms with Crippen LogP contribution in [0.2, 0.25) is 0 Å². The number of methoxy groups -OCH3 is 1. The summed E-state index contributed by atoms with van der Waals surface area (Å²) in [6.45, 7) is 5.35. The molecular weight excluding hydrogens is 425 g/mol. The molecule has 0 aliphatic rings. The Morgan fingerprint density at radius 2 is 1.91 bits per heavy atom. The number of hydrogen-bond acceptors (Lipinski definition) is 5. The van der Waals surface area contributed by atoms with Crippen molar-refractivity contribution in [1.29, 1.82) is 5.26 Å². The number of aromatic nitrogens is 2. The highest BCUT2D eigenvalue weighted by Crippen LogP contribution is 2.20. The maximum atomic E-state index is 13.2. The van der Waals surface area contributed by atoms with Gasteiger partial charge < -0.3 is 13.9 Å². The van der Waals surface area contributed by atoms with Crippen LogP contribution in [0.25, 0.3) is 5.69 Å².